The van der Waals surface area contributed by atoms with Crippen LogP contribution in [0.25, 0.3) is 5.69 Å². The number of nitrogens with zero attached hydrogens (tertiary/aromatic N) is 2. The number of hydrogen-bond acceptors (Lipinski definition) is 5. The molecule has 2 aromatic carbocycles. The van der Waals surface area contributed by atoms with Crippen molar-refractivity contribution in [2.24, 2.45) is 0 Å². The number of carbonyl (C=O) groups excluding carboxylic acids is 2. The van der Waals surface area contributed by atoms with Crippen LogP contribution in [0.15, 0.2) is 54.6 Å². The van der Waals surface area contributed by atoms with Crippen LogP contribution in [0.1, 0.15) is 33.5 Å². The first kappa shape index (κ1) is 19.2. The zero-order valence-electron chi connectivity index (χ0n) is 15.9. The summed E-state index contributed by atoms with van der Waals surface area (Å²) in [7, 11) is 1.60. The molecule has 7 heteroatoms. The van der Waals surface area contributed by atoms with E-state index >= 15 is 0 Å². The lowest BCUT2D eigenvalue weighted by Crippen LogP contribution is -2.16. The van der Waals surface area contributed by atoms with E-state index in [1.807, 2.05) is 31.2 Å². The number of nitrogens with one attached hydrogen (secondary N) is 1. The molecule has 0 radical (unpaired) electrons. The molecular weight excluding hydrogens is 358 g/mol. The molecule has 0 unspecified atom stereocenters. The van der Waals surface area contributed by atoms with Gasteiger partial charge in [0.2, 0.25) is 0 Å². The molecular formula is C21H21N3O4. The third-order valence-electron chi connectivity index (χ3n) is 4.11. The molecule has 0 aliphatic rings. The Morgan fingerprint density at radius 3 is 2.50 bits per heavy atom. The first-order valence-corrected chi connectivity index (χ1v) is 8.82. The normalized spacial score (nSPS) is 10.4. The first-order valence-electron chi connectivity index (χ1n) is 8.82. The lowest BCUT2D eigenvalue weighted by molar-refractivity contribution is 0.0527. The lowest BCUT2D eigenvalue weighted by Gasteiger charge is -2.09. The van der Waals surface area contributed by atoms with Gasteiger partial charge in [0.25, 0.3) is 5.91 Å². The van der Waals surface area contributed by atoms with Crippen LogP contribution in [0.4, 0.5) is 5.69 Å². The zero-order chi connectivity index (χ0) is 20.1. The Balaban J connectivity index is 1.84. The van der Waals surface area contributed by atoms with Crippen molar-refractivity contribution in [1.82, 2.24) is 9.78 Å². The maximum absolute atomic E-state index is 12.7. The van der Waals surface area contributed by atoms with Gasteiger partial charge in [-0.05, 0) is 56.3 Å². The van der Waals surface area contributed by atoms with Gasteiger partial charge >= 0.3 is 5.97 Å². The van der Waals surface area contributed by atoms with Crippen molar-refractivity contribution < 1.29 is 19.1 Å². The third-order valence-corrected chi connectivity index (χ3v) is 4.11. The average Bonchev–Trinajstić information content (AvgIpc) is 3.10. The fraction of sp³-hybridized carbons (Fsp3) is 0.190. The standard InChI is InChI=1S/C21H21N3O4/c1-4-28-21(26)17-7-5-6-8-18(17)22-20(25)19-13-14(2)24(23-19)15-9-11-16(27-3)12-10-15/h5-13H,4H2,1-3H3,(H,22,25). The van der Waals surface area contributed by atoms with Crippen molar-refractivity contribution in [2.75, 3.05) is 19.0 Å². The highest BCUT2D eigenvalue weighted by Crippen LogP contribution is 2.19. The van der Waals surface area contributed by atoms with E-state index in [0.29, 0.717) is 11.3 Å². The molecule has 3 rings (SSSR count). The maximum atomic E-state index is 12.7. The van der Waals surface area contributed by atoms with Gasteiger partial charge in [0, 0.05) is 5.69 Å². The number of anilines is 1. The predicted octanol–water partition coefficient (Wildman–Crippen LogP) is 3.62. The van der Waals surface area contributed by atoms with Crippen molar-refractivity contribution in [3.63, 3.8) is 0 Å². The van der Waals surface area contributed by atoms with E-state index in [2.05, 4.69) is 10.4 Å². The second kappa shape index (κ2) is 8.39. The van der Waals surface area contributed by atoms with Gasteiger partial charge in [-0.1, -0.05) is 12.1 Å². The molecule has 144 valence electrons. The highest BCUT2D eigenvalue weighted by atomic mass is 16.5. The van der Waals surface area contributed by atoms with Crippen molar-refractivity contribution in [3.05, 3.63) is 71.5 Å². The van der Waals surface area contributed by atoms with Crippen LogP contribution in [0.3, 0.4) is 0 Å². The smallest absolute Gasteiger partial charge is 0.340 e. The highest BCUT2D eigenvalue weighted by Gasteiger charge is 2.17. The average molecular weight is 379 g/mol. The topological polar surface area (TPSA) is 82.5 Å². The number of esters is 1. The fourth-order valence-corrected chi connectivity index (χ4v) is 2.74. The predicted molar refractivity (Wildman–Crippen MR) is 105 cm³/mol. The van der Waals surface area contributed by atoms with Crippen LogP contribution in [0.2, 0.25) is 0 Å². The molecule has 0 saturated carbocycles. The Labute approximate surface area is 162 Å². The highest BCUT2D eigenvalue weighted by molar-refractivity contribution is 6.07. The van der Waals surface area contributed by atoms with Gasteiger partial charge < -0.3 is 14.8 Å². The molecule has 3 aromatic rings. The molecule has 0 atom stereocenters. The van der Waals surface area contributed by atoms with Gasteiger partial charge in [0.1, 0.15) is 5.75 Å². The van der Waals surface area contributed by atoms with Gasteiger partial charge in [-0.2, -0.15) is 5.10 Å². The van der Waals surface area contributed by atoms with Crippen LogP contribution in [-0.4, -0.2) is 35.4 Å². The molecule has 0 fully saturated rings. The van der Waals surface area contributed by atoms with E-state index in [1.54, 1.807) is 49.0 Å². The van der Waals surface area contributed by atoms with Gasteiger partial charge in [0.15, 0.2) is 5.69 Å². The quantitative estimate of drug-likeness (QED) is 0.662. The molecule has 0 aliphatic carbocycles. The Bertz CT molecular complexity index is 993. The minimum Gasteiger partial charge on any atom is -0.497 e. The Hall–Kier alpha value is -3.61. The Kier molecular flexibility index (Phi) is 5.74. The summed E-state index contributed by atoms with van der Waals surface area (Å²) in [4.78, 5) is 24.8. The fourth-order valence-electron chi connectivity index (χ4n) is 2.74. The molecule has 1 aromatic heterocycles. The number of aryl methyl sites for hydroxylation is 1. The molecule has 1 heterocycles. The maximum Gasteiger partial charge on any atom is 0.340 e. The minimum absolute atomic E-state index is 0.243. The van der Waals surface area contributed by atoms with E-state index in [0.717, 1.165) is 17.1 Å². The third kappa shape index (κ3) is 4.03. The van der Waals surface area contributed by atoms with Crippen molar-refractivity contribution in [3.8, 4) is 11.4 Å². The van der Waals surface area contributed by atoms with E-state index < -0.39 is 11.9 Å². The first-order chi connectivity index (χ1) is 13.5. The largest absolute Gasteiger partial charge is 0.497 e. The van der Waals surface area contributed by atoms with Crippen LogP contribution in [0, 0.1) is 6.92 Å². The number of carbonyl (C=O) groups is 2. The molecule has 28 heavy (non-hydrogen) atoms. The summed E-state index contributed by atoms with van der Waals surface area (Å²) in [6, 6.07) is 15.8. The number of rotatable bonds is 6. The summed E-state index contributed by atoms with van der Waals surface area (Å²) in [5.41, 5.74) is 2.52. The Morgan fingerprint density at radius 1 is 1.11 bits per heavy atom. The minimum atomic E-state index is -0.488. The molecule has 0 aliphatic heterocycles. The van der Waals surface area contributed by atoms with Gasteiger partial charge in [0.05, 0.1) is 30.7 Å². The van der Waals surface area contributed by atoms with E-state index in [4.69, 9.17) is 9.47 Å². The number of methoxy groups -OCH3 is 1. The number of amides is 1. The van der Waals surface area contributed by atoms with Crippen molar-refractivity contribution in [2.45, 2.75) is 13.8 Å². The summed E-state index contributed by atoms with van der Waals surface area (Å²) >= 11 is 0. The number of aromatic nitrogens is 2. The van der Waals surface area contributed by atoms with Gasteiger partial charge in [-0.3, -0.25) is 4.79 Å². The Morgan fingerprint density at radius 2 is 1.82 bits per heavy atom. The monoisotopic (exact) mass is 379 g/mol. The van der Waals surface area contributed by atoms with Crippen LogP contribution in [0.5, 0.6) is 5.75 Å². The van der Waals surface area contributed by atoms with Crippen molar-refractivity contribution >= 4 is 17.6 Å². The summed E-state index contributed by atoms with van der Waals surface area (Å²) in [5.74, 6) is -0.160. The van der Waals surface area contributed by atoms with Crippen LogP contribution < -0.4 is 10.1 Å². The molecule has 0 spiro atoms. The molecule has 1 N–H and O–H groups in total. The van der Waals surface area contributed by atoms with E-state index in [-0.39, 0.29) is 12.3 Å². The summed E-state index contributed by atoms with van der Waals surface area (Å²) in [5, 5.41) is 7.13. The van der Waals surface area contributed by atoms with E-state index in [9.17, 15) is 9.59 Å². The summed E-state index contributed by atoms with van der Waals surface area (Å²) in [6.07, 6.45) is 0. The summed E-state index contributed by atoms with van der Waals surface area (Å²) in [6.45, 7) is 3.85. The SMILES string of the molecule is CCOC(=O)c1ccccc1NC(=O)c1cc(C)n(-c2ccc(OC)cc2)n1. The number of benzene rings is 2. The van der Waals surface area contributed by atoms with Crippen LogP contribution >= 0.6 is 0 Å². The lowest BCUT2D eigenvalue weighted by atomic mass is 10.1. The van der Waals surface area contributed by atoms with Gasteiger partial charge in [-0.25, -0.2) is 9.48 Å². The molecule has 0 bridgehead atoms. The second-order valence-corrected chi connectivity index (χ2v) is 6.00. The molecule has 7 nitrogen and oxygen atoms in total. The second-order valence-electron chi connectivity index (χ2n) is 6.00. The molecule has 0 saturated heterocycles. The van der Waals surface area contributed by atoms with E-state index in [1.165, 1.54) is 0 Å². The van der Waals surface area contributed by atoms with Crippen LogP contribution in [-0.2, 0) is 4.74 Å². The summed E-state index contributed by atoms with van der Waals surface area (Å²) < 4.78 is 11.9. The molecule has 1 amide bonds. The number of ether oxygens (including phenoxy) is 2. The zero-order valence-corrected chi connectivity index (χ0v) is 15.9. The van der Waals surface area contributed by atoms with Crippen molar-refractivity contribution in [1.29, 1.82) is 0 Å². The number of hydrogen-bond donors (Lipinski definition) is 1. The number of para-hydroxylation sites is 1. The van der Waals surface area contributed by atoms with Gasteiger partial charge in [-0.15, -0.1) is 0 Å².